The van der Waals surface area contributed by atoms with Gasteiger partial charge in [0, 0.05) is 11.0 Å². The van der Waals surface area contributed by atoms with Crippen molar-refractivity contribution in [1.29, 1.82) is 0 Å². The van der Waals surface area contributed by atoms with Crippen LogP contribution in [0.5, 0.6) is 0 Å². The van der Waals surface area contributed by atoms with Crippen LogP contribution in [0.4, 0.5) is 0 Å². The van der Waals surface area contributed by atoms with Gasteiger partial charge in [-0.2, -0.15) is 0 Å². The molecule has 1 rings (SSSR count). The zero-order chi connectivity index (χ0) is 10.6. The highest BCUT2D eigenvalue weighted by molar-refractivity contribution is 9.10. The van der Waals surface area contributed by atoms with Gasteiger partial charge in [0.05, 0.1) is 5.38 Å². The Balaban J connectivity index is 2.47. The first kappa shape index (κ1) is 12.0. The van der Waals surface area contributed by atoms with Gasteiger partial charge in [0.2, 0.25) is 0 Å². The van der Waals surface area contributed by atoms with Crippen LogP contribution in [-0.4, -0.2) is 17.8 Å². The quantitative estimate of drug-likeness (QED) is 0.849. The molecule has 78 valence electrons. The molecule has 0 aromatic carbocycles. The highest BCUT2D eigenvalue weighted by atomic mass is 79.9. The van der Waals surface area contributed by atoms with Gasteiger partial charge in [-0.3, -0.25) is 4.79 Å². The second kappa shape index (κ2) is 5.73. The van der Waals surface area contributed by atoms with Gasteiger partial charge in [-0.1, -0.05) is 6.92 Å². The largest absolute Gasteiger partial charge is 0.350 e. The normalized spacial score (nSPS) is 12.5. The Kier molecular flexibility index (Phi) is 4.92. The predicted molar refractivity (Wildman–Crippen MR) is 64.3 cm³/mol. The molecule has 2 nitrogen and oxygen atoms in total. The summed E-state index contributed by atoms with van der Waals surface area (Å²) in [6.45, 7) is 2.51. The smallest absolute Gasteiger partial charge is 0.262 e. The summed E-state index contributed by atoms with van der Waals surface area (Å²) in [5.41, 5.74) is 0. The summed E-state index contributed by atoms with van der Waals surface area (Å²) < 4.78 is 0.836. The van der Waals surface area contributed by atoms with Crippen LogP contribution < -0.4 is 5.32 Å². The molecule has 14 heavy (non-hydrogen) atoms. The average Bonchev–Trinajstić information content (AvgIpc) is 2.60. The van der Waals surface area contributed by atoms with E-state index in [2.05, 4.69) is 21.2 Å². The van der Waals surface area contributed by atoms with E-state index < -0.39 is 0 Å². The molecule has 0 fully saturated rings. The molecule has 1 aromatic rings. The van der Waals surface area contributed by atoms with E-state index in [-0.39, 0.29) is 11.3 Å². The summed E-state index contributed by atoms with van der Waals surface area (Å²) in [6.07, 6.45) is 0.855. The number of nitrogens with one attached hydrogen (secondary N) is 1. The fourth-order valence-corrected chi connectivity index (χ4v) is 2.43. The molecule has 1 heterocycles. The van der Waals surface area contributed by atoms with Crippen LogP contribution in [0.1, 0.15) is 23.0 Å². The fraction of sp³-hybridized carbons (Fsp3) is 0.444. The zero-order valence-corrected chi connectivity index (χ0v) is 10.9. The fourth-order valence-electron chi connectivity index (χ4n) is 0.884. The number of hydrogen-bond donors (Lipinski definition) is 1. The third kappa shape index (κ3) is 3.26. The Labute approximate surface area is 101 Å². The van der Waals surface area contributed by atoms with Crippen molar-refractivity contribution in [1.82, 2.24) is 5.32 Å². The first-order valence-electron chi connectivity index (χ1n) is 4.30. The number of carbonyl (C=O) groups excluding carboxylic acids is 1. The maximum atomic E-state index is 11.6. The lowest BCUT2D eigenvalue weighted by molar-refractivity contribution is 0.0957. The van der Waals surface area contributed by atoms with Gasteiger partial charge in [-0.15, -0.1) is 22.9 Å². The SMILES string of the molecule is CCC(Cl)CNC(=O)c1sccc1Br. The van der Waals surface area contributed by atoms with E-state index in [4.69, 9.17) is 11.6 Å². The molecule has 1 atom stereocenters. The first-order valence-corrected chi connectivity index (χ1v) is 6.41. The van der Waals surface area contributed by atoms with Crippen molar-refractivity contribution in [2.75, 3.05) is 6.54 Å². The first-order chi connectivity index (χ1) is 6.65. The summed E-state index contributed by atoms with van der Waals surface area (Å²) in [4.78, 5) is 12.3. The van der Waals surface area contributed by atoms with Crippen molar-refractivity contribution in [3.05, 3.63) is 20.8 Å². The molecule has 1 amide bonds. The number of rotatable bonds is 4. The minimum absolute atomic E-state index is 0.0117. The molecule has 0 spiro atoms. The van der Waals surface area contributed by atoms with Gasteiger partial charge in [0.15, 0.2) is 0 Å². The highest BCUT2D eigenvalue weighted by Crippen LogP contribution is 2.22. The second-order valence-corrected chi connectivity index (χ2v) is 5.20. The molecule has 0 aliphatic carbocycles. The summed E-state index contributed by atoms with van der Waals surface area (Å²) in [5, 5.41) is 4.67. The maximum Gasteiger partial charge on any atom is 0.262 e. The Morgan fingerprint density at radius 1 is 1.79 bits per heavy atom. The molecule has 0 aliphatic heterocycles. The van der Waals surface area contributed by atoms with Crippen molar-refractivity contribution in [3.63, 3.8) is 0 Å². The third-order valence-electron chi connectivity index (χ3n) is 1.75. The van der Waals surface area contributed by atoms with Crippen LogP contribution in [-0.2, 0) is 0 Å². The van der Waals surface area contributed by atoms with Crippen molar-refractivity contribution >= 4 is 44.8 Å². The molecular weight excluding hydrogens is 286 g/mol. The van der Waals surface area contributed by atoms with Crippen LogP contribution in [0.3, 0.4) is 0 Å². The molecule has 1 N–H and O–H groups in total. The topological polar surface area (TPSA) is 29.1 Å². The lowest BCUT2D eigenvalue weighted by Gasteiger charge is -2.07. The summed E-state index contributed by atoms with van der Waals surface area (Å²) in [6, 6.07) is 1.86. The van der Waals surface area contributed by atoms with Gasteiger partial charge in [0.25, 0.3) is 5.91 Å². The molecule has 0 radical (unpaired) electrons. The van der Waals surface area contributed by atoms with Gasteiger partial charge in [-0.25, -0.2) is 0 Å². The van der Waals surface area contributed by atoms with Crippen LogP contribution >= 0.6 is 38.9 Å². The number of halogens is 2. The number of alkyl halides is 1. The van der Waals surface area contributed by atoms with E-state index in [1.807, 2.05) is 18.4 Å². The van der Waals surface area contributed by atoms with E-state index >= 15 is 0 Å². The third-order valence-corrected chi connectivity index (χ3v) is 4.05. The maximum absolute atomic E-state index is 11.6. The monoisotopic (exact) mass is 295 g/mol. The molecule has 1 aromatic heterocycles. The van der Waals surface area contributed by atoms with E-state index in [9.17, 15) is 4.79 Å². The predicted octanol–water partition coefficient (Wildman–Crippen LogP) is 3.26. The van der Waals surface area contributed by atoms with E-state index in [1.54, 1.807) is 0 Å². The molecule has 0 saturated heterocycles. The number of hydrogen-bond acceptors (Lipinski definition) is 2. The van der Waals surface area contributed by atoms with Gasteiger partial charge in [0.1, 0.15) is 4.88 Å². The molecule has 1 unspecified atom stereocenters. The second-order valence-electron chi connectivity index (χ2n) is 2.81. The number of thiophene rings is 1. The number of carbonyl (C=O) groups is 1. The lowest BCUT2D eigenvalue weighted by atomic mass is 10.3. The van der Waals surface area contributed by atoms with Crippen LogP contribution in [0.2, 0.25) is 0 Å². The van der Waals surface area contributed by atoms with Crippen molar-refractivity contribution in [2.45, 2.75) is 18.7 Å². The Hall–Kier alpha value is -0.0600. The summed E-state index contributed by atoms with van der Waals surface area (Å²) >= 11 is 10.6. The summed E-state index contributed by atoms with van der Waals surface area (Å²) in [5.74, 6) is -0.0639. The Bertz CT molecular complexity index is 316. The molecule has 0 bridgehead atoms. The lowest BCUT2D eigenvalue weighted by Crippen LogP contribution is -2.29. The number of amides is 1. The highest BCUT2D eigenvalue weighted by Gasteiger charge is 2.11. The average molecular weight is 297 g/mol. The minimum Gasteiger partial charge on any atom is -0.350 e. The van der Waals surface area contributed by atoms with Gasteiger partial charge in [-0.05, 0) is 33.8 Å². The van der Waals surface area contributed by atoms with Crippen molar-refractivity contribution in [2.24, 2.45) is 0 Å². The van der Waals surface area contributed by atoms with E-state index in [0.29, 0.717) is 11.4 Å². The zero-order valence-electron chi connectivity index (χ0n) is 7.72. The van der Waals surface area contributed by atoms with Crippen LogP contribution in [0.25, 0.3) is 0 Å². The van der Waals surface area contributed by atoms with Crippen molar-refractivity contribution in [3.8, 4) is 0 Å². The Morgan fingerprint density at radius 3 is 3.00 bits per heavy atom. The molecule has 0 aliphatic rings. The van der Waals surface area contributed by atoms with Crippen LogP contribution in [0.15, 0.2) is 15.9 Å². The van der Waals surface area contributed by atoms with Gasteiger partial charge >= 0.3 is 0 Å². The standard InChI is InChI=1S/C9H11BrClNOS/c1-2-6(11)5-12-9(13)8-7(10)3-4-14-8/h3-4,6H,2,5H2,1H3,(H,12,13). The molecule has 5 heteroatoms. The minimum atomic E-state index is -0.0639. The summed E-state index contributed by atoms with van der Waals surface area (Å²) in [7, 11) is 0. The van der Waals surface area contributed by atoms with Crippen LogP contribution in [0, 0.1) is 0 Å². The van der Waals surface area contributed by atoms with E-state index in [0.717, 1.165) is 10.9 Å². The Morgan fingerprint density at radius 2 is 2.50 bits per heavy atom. The van der Waals surface area contributed by atoms with E-state index in [1.165, 1.54) is 11.3 Å². The van der Waals surface area contributed by atoms with Crippen molar-refractivity contribution < 1.29 is 4.79 Å². The molecule has 0 saturated carbocycles. The van der Waals surface area contributed by atoms with Gasteiger partial charge < -0.3 is 5.32 Å². The molecular formula is C9H11BrClNOS.